The first kappa shape index (κ1) is 24.8. The second kappa shape index (κ2) is 11.0. The number of nitrogens with one attached hydrogen (secondary N) is 1. The molecule has 1 aliphatic rings. The number of piperazine rings is 1. The molecule has 0 unspecified atom stereocenters. The molecule has 0 aliphatic carbocycles. The lowest BCUT2D eigenvalue weighted by Crippen LogP contribution is -2.49. The van der Waals surface area contributed by atoms with Gasteiger partial charge >= 0.3 is 0 Å². The molecule has 1 N–H and O–H groups in total. The zero-order valence-electron chi connectivity index (χ0n) is 21.1. The third-order valence-electron chi connectivity index (χ3n) is 6.60. The van der Waals surface area contributed by atoms with Gasteiger partial charge in [-0.3, -0.25) is 14.2 Å². The SMILES string of the molecule is C=C/C=C(\C=C)Nc1cc(=O)c2cnc(N3CCN(C(=O)c4ccccc4)CC3)cc2n1-c1ccccc1. The van der Waals surface area contributed by atoms with Gasteiger partial charge in [-0.25, -0.2) is 4.98 Å². The largest absolute Gasteiger partial charge is 0.353 e. The van der Waals surface area contributed by atoms with Crippen LogP contribution in [0.25, 0.3) is 16.6 Å². The molecule has 5 rings (SSSR count). The number of amides is 1. The van der Waals surface area contributed by atoms with Crippen LogP contribution in [0, 0.1) is 0 Å². The molecule has 7 nitrogen and oxygen atoms in total. The molecule has 0 spiro atoms. The molecule has 1 saturated heterocycles. The Kier molecular flexibility index (Phi) is 7.17. The highest BCUT2D eigenvalue weighted by Gasteiger charge is 2.23. The van der Waals surface area contributed by atoms with Crippen molar-refractivity contribution in [2.45, 2.75) is 0 Å². The Morgan fingerprint density at radius 3 is 2.26 bits per heavy atom. The second-order valence-electron chi connectivity index (χ2n) is 8.96. The lowest BCUT2D eigenvalue weighted by atomic mass is 10.1. The molecule has 2 aromatic heterocycles. The van der Waals surface area contributed by atoms with Gasteiger partial charge in [-0.15, -0.1) is 0 Å². The Bertz CT molecular complexity index is 1570. The van der Waals surface area contributed by atoms with Crippen LogP contribution in [0.2, 0.25) is 0 Å². The summed E-state index contributed by atoms with van der Waals surface area (Å²) in [6.07, 6.45) is 6.79. The normalized spacial score (nSPS) is 13.8. The highest BCUT2D eigenvalue weighted by Crippen LogP contribution is 2.26. The van der Waals surface area contributed by atoms with Crippen molar-refractivity contribution in [2.75, 3.05) is 36.4 Å². The van der Waals surface area contributed by atoms with Crippen molar-refractivity contribution in [2.24, 2.45) is 0 Å². The summed E-state index contributed by atoms with van der Waals surface area (Å²) in [5.41, 5.74) is 2.92. The van der Waals surface area contributed by atoms with Crippen LogP contribution >= 0.6 is 0 Å². The molecule has 7 heteroatoms. The van der Waals surface area contributed by atoms with Crippen LogP contribution in [-0.4, -0.2) is 46.5 Å². The maximum atomic E-state index is 13.1. The molecule has 0 atom stereocenters. The van der Waals surface area contributed by atoms with Crippen LogP contribution in [0.15, 0.2) is 121 Å². The van der Waals surface area contributed by atoms with E-state index in [2.05, 4.69) is 28.4 Å². The summed E-state index contributed by atoms with van der Waals surface area (Å²) in [4.78, 5) is 34.7. The van der Waals surface area contributed by atoms with Gasteiger partial charge in [0.15, 0.2) is 5.43 Å². The number of rotatable bonds is 7. The Morgan fingerprint density at radius 2 is 1.61 bits per heavy atom. The number of anilines is 2. The lowest BCUT2D eigenvalue weighted by Gasteiger charge is -2.35. The number of pyridine rings is 2. The summed E-state index contributed by atoms with van der Waals surface area (Å²) in [5, 5.41) is 3.84. The Hall–Kier alpha value is -4.91. The zero-order chi connectivity index (χ0) is 26.5. The van der Waals surface area contributed by atoms with Crippen molar-refractivity contribution in [3.63, 3.8) is 0 Å². The Morgan fingerprint density at radius 1 is 0.921 bits per heavy atom. The number of hydrogen-bond acceptors (Lipinski definition) is 5. The van der Waals surface area contributed by atoms with Crippen molar-refractivity contribution < 1.29 is 4.79 Å². The van der Waals surface area contributed by atoms with Crippen LogP contribution in [0.4, 0.5) is 11.6 Å². The fourth-order valence-corrected chi connectivity index (χ4v) is 4.66. The molecule has 1 aliphatic heterocycles. The van der Waals surface area contributed by atoms with E-state index in [1.165, 1.54) is 0 Å². The van der Waals surface area contributed by atoms with Crippen LogP contribution < -0.4 is 15.6 Å². The first-order valence-corrected chi connectivity index (χ1v) is 12.5. The van der Waals surface area contributed by atoms with Gasteiger partial charge in [-0.2, -0.15) is 0 Å². The van der Waals surface area contributed by atoms with E-state index in [4.69, 9.17) is 0 Å². The molecule has 0 bridgehead atoms. The van der Waals surface area contributed by atoms with Crippen molar-refractivity contribution in [1.82, 2.24) is 14.5 Å². The highest BCUT2D eigenvalue weighted by molar-refractivity contribution is 5.94. The number of nitrogens with zero attached hydrogens (tertiary/aromatic N) is 4. The van der Waals surface area contributed by atoms with E-state index in [1.807, 2.05) is 76.2 Å². The molecule has 1 amide bonds. The first-order valence-electron chi connectivity index (χ1n) is 12.5. The third kappa shape index (κ3) is 4.99. The van der Waals surface area contributed by atoms with Crippen molar-refractivity contribution in [1.29, 1.82) is 0 Å². The summed E-state index contributed by atoms with van der Waals surface area (Å²) in [7, 11) is 0. The van der Waals surface area contributed by atoms with E-state index in [-0.39, 0.29) is 11.3 Å². The molecule has 0 radical (unpaired) electrons. The van der Waals surface area contributed by atoms with E-state index in [0.717, 1.165) is 22.7 Å². The molecular weight excluding hydrogens is 474 g/mol. The molecule has 3 heterocycles. The highest BCUT2D eigenvalue weighted by atomic mass is 16.2. The minimum atomic E-state index is -0.131. The standard InChI is InChI=1S/C31H29N5O2/c1-3-11-24(4-2)33-30-21-28(37)26-22-32-29(20-27(26)36(30)25-14-9-6-10-15-25)34-16-18-35(19-17-34)31(38)23-12-7-5-8-13-23/h3-15,20-22,33H,1-2,16-19H2/b24-11+. The number of hydrogen-bond donors (Lipinski definition) is 1. The van der Waals surface area contributed by atoms with Crippen molar-refractivity contribution in [3.8, 4) is 5.69 Å². The molecule has 0 saturated carbocycles. The fourth-order valence-electron chi connectivity index (χ4n) is 4.66. The zero-order valence-corrected chi connectivity index (χ0v) is 21.1. The number of allylic oxidation sites excluding steroid dienone is 3. The molecule has 190 valence electrons. The van der Waals surface area contributed by atoms with Gasteiger partial charge in [-0.05, 0) is 36.4 Å². The van der Waals surface area contributed by atoms with Gasteiger partial charge in [-0.1, -0.05) is 55.6 Å². The number of fused-ring (bicyclic) bond motifs is 1. The summed E-state index contributed by atoms with van der Waals surface area (Å²) < 4.78 is 2.01. The quantitative estimate of drug-likeness (QED) is 0.359. The summed E-state index contributed by atoms with van der Waals surface area (Å²) in [5.74, 6) is 1.41. The van der Waals surface area contributed by atoms with Gasteiger partial charge in [0.05, 0.1) is 10.9 Å². The topological polar surface area (TPSA) is 70.5 Å². The maximum absolute atomic E-state index is 13.1. The maximum Gasteiger partial charge on any atom is 0.253 e. The average molecular weight is 504 g/mol. The summed E-state index contributed by atoms with van der Waals surface area (Å²) >= 11 is 0. The smallest absolute Gasteiger partial charge is 0.253 e. The number of aromatic nitrogens is 2. The number of carbonyl (C=O) groups is 1. The van der Waals surface area contributed by atoms with E-state index < -0.39 is 0 Å². The van der Waals surface area contributed by atoms with Gasteiger partial charge in [0.2, 0.25) is 0 Å². The number of benzene rings is 2. The summed E-state index contributed by atoms with van der Waals surface area (Å²) in [6, 6.07) is 22.7. The van der Waals surface area contributed by atoms with E-state index >= 15 is 0 Å². The molecule has 2 aromatic carbocycles. The van der Waals surface area contributed by atoms with E-state index in [1.54, 1.807) is 30.5 Å². The predicted molar refractivity (Wildman–Crippen MR) is 154 cm³/mol. The van der Waals surface area contributed by atoms with Crippen molar-refractivity contribution in [3.05, 3.63) is 132 Å². The van der Waals surface area contributed by atoms with Gasteiger partial charge in [0, 0.05) is 61.5 Å². The number of para-hydroxylation sites is 1. The minimum absolute atomic E-state index is 0.0379. The predicted octanol–water partition coefficient (Wildman–Crippen LogP) is 5.02. The van der Waals surface area contributed by atoms with E-state index in [0.29, 0.717) is 42.9 Å². The third-order valence-corrected chi connectivity index (χ3v) is 6.60. The van der Waals surface area contributed by atoms with Crippen LogP contribution in [0.1, 0.15) is 10.4 Å². The minimum Gasteiger partial charge on any atom is -0.353 e. The second-order valence-corrected chi connectivity index (χ2v) is 8.96. The van der Waals surface area contributed by atoms with Gasteiger partial charge in [0.1, 0.15) is 11.6 Å². The van der Waals surface area contributed by atoms with Crippen LogP contribution in [-0.2, 0) is 0 Å². The van der Waals surface area contributed by atoms with Crippen LogP contribution in [0.3, 0.4) is 0 Å². The number of carbonyl (C=O) groups excluding carboxylic acids is 1. The molecule has 1 fully saturated rings. The lowest BCUT2D eigenvalue weighted by molar-refractivity contribution is 0.0746. The van der Waals surface area contributed by atoms with Gasteiger partial charge < -0.3 is 15.1 Å². The van der Waals surface area contributed by atoms with Crippen LogP contribution in [0.5, 0.6) is 0 Å². The Labute approximate surface area is 221 Å². The first-order chi connectivity index (χ1) is 18.6. The van der Waals surface area contributed by atoms with Crippen molar-refractivity contribution >= 4 is 28.4 Å². The molecule has 4 aromatic rings. The monoisotopic (exact) mass is 503 g/mol. The van der Waals surface area contributed by atoms with Gasteiger partial charge in [0.25, 0.3) is 5.91 Å². The fraction of sp³-hybridized carbons (Fsp3) is 0.129. The molecular formula is C31H29N5O2. The Balaban J connectivity index is 1.51. The van der Waals surface area contributed by atoms with E-state index in [9.17, 15) is 9.59 Å². The average Bonchev–Trinajstić information content (AvgIpc) is 2.97. The molecule has 38 heavy (non-hydrogen) atoms. The summed E-state index contributed by atoms with van der Waals surface area (Å²) in [6.45, 7) is 10.1.